The van der Waals surface area contributed by atoms with E-state index in [4.69, 9.17) is 28.4 Å². The molecule has 0 aromatic carbocycles. The normalized spacial score (nSPS) is 25.6. The van der Waals surface area contributed by atoms with Crippen LogP contribution < -0.4 is 0 Å². The average molecular weight is 999 g/mol. The number of carbonyl (C=O) groups is 2. The molecule has 11 atom stereocenters. The highest BCUT2D eigenvalue weighted by atomic mass is 16.7. The minimum absolute atomic E-state index is 0.162. The highest BCUT2D eigenvalue weighted by molar-refractivity contribution is 5.70. The summed E-state index contributed by atoms with van der Waals surface area (Å²) in [6.45, 7) is 2.56. The topological polar surface area (TPSA) is 231 Å². The summed E-state index contributed by atoms with van der Waals surface area (Å²) < 4.78 is 33.6. The molecule has 2 aliphatic rings. The summed E-state index contributed by atoms with van der Waals surface area (Å²) in [5, 5.41) is 72.2. The zero-order chi connectivity index (χ0) is 51.0. The van der Waals surface area contributed by atoms with Crippen molar-refractivity contribution in [1.29, 1.82) is 0 Å². The summed E-state index contributed by atoms with van der Waals surface area (Å²) in [6, 6.07) is 0. The molecule has 0 aliphatic carbocycles. The van der Waals surface area contributed by atoms with Crippen LogP contribution >= 0.6 is 0 Å². The van der Waals surface area contributed by atoms with Gasteiger partial charge < -0.3 is 64.2 Å². The number of allylic oxidation sites excluding steroid dienone is 6. The molecule has 0 saturated carbocycles. The molecule has 0 spiro atoms. The fourth-order valence-electron chi connectivity index (χ4n) is 8.54. The average Bonchev–Trinajstić information content (AvgIpc) is 3.35. The van der Waals surface area contributed by atoms with E-state index in [0.29, 0.717) is 12.8 Å². The molecule has 0 amide bonds. The van der Waals surface area contributed by atoms with Crippen LogP contribution in [0.15, 0.2) is 36.5 Å². The van der Waals surface area contributed by atoms with Gasteiger partial charge in [0.2, 0.25) is 0 Å². The summed E-state index contributed by atoms with van der Waals surface area (Å²) in [6.07, 6.45) is 28.7. The molecule has 2 saturated heterocycles. The van der Waals surface area contributed by atoms with Gasteiger partial charge in [-0.05, 0) is 70.6 Å². The van der Waals surface area contributed by atoms with Gasteiger partial charge in [0.15, 0.2) is 18.7 Å². The maximum absolute atomic E-state index is 13.0. The summed E-state index contributed by atoms with van der Waals surface area (Å²) in [7, 11) is 0. The molecule has 408 valence electrons. The van der Waals surface area contributed by atoms with Gasteiger partial charge in [-0.3, -0.25) is 9.59 Å². The minimum atomic E-state index is -1.77. The Morgan fingerprint density at radius 2 is 0.857 bits per heavy atom. The van der Waals surface area contributed by atoms with E-state index in [1.165, 1.54) is 103 Å². The number of aliphatic hydroxyl groups excluding tert-OH is 7. The molecule has 15 heteroatoms. The lowest BCUT2D eigenvalue weighted by Crippen LogP contribution is -2.61. The van der Waals surface area contributed by atoms with Crippen molar-refractivity contribution in [3.8, 4) is 0 Å². The van der Waals surface area contributed by atoms with Crippen molar-refractivity contribution in [2.24, 2.45) is 0 Å². The first-order valence-electron chi connectivity index (χ1n) is 27.6. The first kappa shape index (κ1) is 63.8. The Morgan fingerprint density at radius 3 is 1.37 bits per heavy atom. The van der Waals surface area contributed by atoms with Crippen molar-refractivity contribution in [2.45, 2.75) is 274 Å². The molecule has 0 radical (unpaired) electrons. The van der Waals surface area contributed by atoms with Crippen molar-refractivity contribution in [3.05, 3.63) is 36.5 Å². The van der Waals surface area contributed by atoms with Crippen LogP contribution in [0.5, 0.6) is 0 Å². The Hall–Kier alpha value is -2.28. The molecule has 2 rings (SSSR count). The van der Waals surface area contributed by atoms with Gasteiger partial charge in [-0.25, -0.2) is 0 Å². The van der Waals surface area contributed by atoms with Crippen molar-refractivity contribution >= 4 is 11.9 Å². The number of rotatable bonds is 43. The fourth-order valence-corrected chi connectivity index (χ4v) is 8.54. The highest BCUT2D eigenvalue weighted by Crippen LogP contribution is 2.26. The second-order valence-corrected chi connectivity index (χ2v) is 19.4. The summed E-state index contributed by atoms with van der Waals surface area (Å²) in [5.74, 6) is -0.932. The number of esters is 2. The Balaban J connectivity index is 1.78. The Labute approximate surface area is 421 Å². The standard InChI is InChI=1S/C55H98O15/c1-3-5-7-9-11-13-15-17-19-21-23-25-27-29-31-33-35-37-46(57)65-40-43(68-47(58)38-36-34-32-30-28-26-24-22-20-18-16-14-12-10-8-6-4-2)41-66-54-53(64)51(62)49(60)45(70-54)42-67-55-52(63)50(61)48(59)44(39-56)69-55/h11,13-14,16-17,19,43-45,48-56,59-64H,3-10,12,15,18,20-42H2,1-2H3/b13-11+,16-14+,19-17+/t43-,44+,45+,48-,49-,50?,51?,52?,53?,54+,55+/m0/s1. The monoisotopic (exact) mass is 999 g/mol. The molecular formula is C55H98O15. The van der Waals surface area contributed by atoms with Gasteiger partial charge in [-0.2, -0.15) is 0 Å². The number of hydrogen-bond acceptors (Lipinski definition) is 15. The van der Waals surface area contributed by atoms with Gasteiger partial charge >= 0.3 is 11.9 Å². The predicted molar refractivity (Wildman–Crippen MR) is 270 cm³/mol. The summed E-state index contributed by atoms with van der Waals surface area (Å²) in [4.78, 5) is 25.8. The maximum Gasteiger partial charge on any atom is 0.306 e. The molecule has 0 aromatic heterocycles. The van der Waals surface area contributed by atoms with Crippen LogP contribution in [0, 0.1) is 0 Å². The summed E-state index contributed by atoms with van der Waals surface area (Å²) >= 11 is 0. The third-order valence-electron chi connectivity index (χ3n) is 13.1. The van der Waals surface area contributed by atoms with E-state index >= 15 is 0 Å². The molecule has 2 aliphatic heterocycles. The molecule has 4 unspecified atom stereocenters. The number of ether oxygens (including phenoxy) is 6. The molecule has 0 bridgehead atoms. The van der Waals surface area contributed by atoms with Gasteiger partial charge in [0, 0.05) is 12.8 Å². The number of unbranched alkanes of at least 4 members (excludes halogenated alkanes) is 23. The molecule has 2 heterocycles. The van der Waals surface area contributed by atoms with Gasteiger partial charge in [0.1, 0.15) is 55.4 Å². The second kappa shape index (κ2) is 42.1. The van der Waals surface area contributed by atoms with Crippen molar-refractivity contribution < 1.29 is 73.8 Å². The quantitative estimate of drug-likeness (QED) is 0.0173. The van der Waals surface area contributed by atoms with Crippen molar-refractivity contribution in [2.75, 3.05) is 26.4 Å². The SMILES string of the molecule is CCCCC/C=C/C/C=C/CCCCCCCCCC(=O)OC[C@@H](CO[C@@H]1O[C@H](CO[C@@H]2O[C@H](CO)[C@H](O)C(O)C2O)[C@H](O)C(O)C1O)OC(=O)CCCCCCCCCCC/C=C/CCCCCC. The Kier molecular flexibility index (Phi) is 38.4. The van der Waals surface area contributed by atoms with E-state index in [0.717, 1.165) is 64.2 Å². The highest BCUT2D eigenvalue weighted by Gasteiger charge is 2.47. The van der Waals surface area contributed by atoms with Crippen LogP contribution in [0.3, 0.4) is 0 Å². The zero-order valence-electron chi connectivity index (χ0n) is 43.3. The van der Waals surface area contributed by atoms with Crippen LogP contribution in [0.4, 0.5) is 0 Å². The largest absolute Gasteiger partial charge is 0.462 e. The van der Waals surface area contributed by atoms with Crippen LogP contribution in [0.25, 0.3) is 0 Å². The minimum Gasteiger partial charge on any atom is -0.462 e. The predicted octanol–water partition coefficient (Wildman–Crippen LogP) is 8.49. The Bertz CT molecular complexity index is 1360. The third-order valence-corrected chi connectivity index (χ3v) is 13.1. The van der Waals surface area contributed by atoms with Crippen LogP contribution in [-0.4, -0.2) is 142 Å². The van der Waals surface area contributed by atoms with Crippen molar-refractivity contribution in [1.82, 2.24) is 0 Å². The lowest BCUT2D eigenvalue weighted by Gasteiger charge is -2.42. The van der Waals surface area contributed by atoms with E-state index in [1.807, 2.05) is 0 Å². The van der Waals surface area contributed by atoms with Gasteiger partial charge in [0.05, 0.1) is 19.8 Å². The van der Waals surface area contributed by atoms with Gasteiger partial charge in [0.25, 0.3) is 0 Å². The number of carbonyl (C=O) groups excluding carboxylic acids is 2. The molecule has 0 aromatic rings. The molecular weight excluding hydrogens is 901 g/mol. The van der Waals surface area contributed by atoms with Crippen LogP contribution in [-0.2, 0) is 38.0 Å². The third kappa shape index (κ3) is 29.4. The zero-order valence-corrected chi connectivity index (χ0v) is 43.3. The van der Waals surface area contributed by atoms with E-state index in [-0.39, 0.29) is 26.1 Å². The van der Waals surface area contributed by atoms with Gasteiger partial charge in [-0.1, -0.05) is 159 Å². The molecule has 7 N–H and O–H groups in total. The molecule has 15 nitrogen and oxygen atoms in total. The van der Waals surface area contributed by atoms with Crippen LogP contribution in [0.2, 0.25) is 0 Å². The first-order valence-corrected chi connectivity index (χ1v) is 27.6. The van der Waals surface area contributed by atoms with E-state index < -0.39 is 92.7 Å². The molecule has 2 fully saturated rings. The van der Waals surface area contributed by atoms with E-state index in [1.54, 1.807) is 0 Å². The number of aliphatic hydroxyl groups is 7. The lowest BCUT2D eigenvalue weighted by atomic mass is 9.98. The van der Waals surface area contributed by atoms with E-state index in [9.17, 15) is 45.3 Å². The molecule has 70 heavy (non-hydrogen) atoms. The Morgan fingerprint density at radius 1 is 0.457 bits per heavy atom. The maximum atomic E-state index is 13.0. The van der Waals surface area contributed by atoms with Crippen LogP contribution in [0.1, 0.15) is 206 Å². The lowest BCUT2D eigenvalue weighted by molar-refractivity contribution is -0.332. The summed E-state index contributed by atoms with van der Waals surface area (Å²) in [5.41, 5.74) is 0. The van der Waals surface area contributed by atoms with Gasteiger partial charge in [-0.15, -0.1) is 0 Å². The first-order chi connectivity index (χ1) is 34.0. The second-order valence-electron chi connectivity index (χ2n) is 19.4. The fraction of sp³-hybridized carbons (Fsp3) is 0.855. The van der Waals surface area contributed by atoms with E-state index in [2.05, 4.69) is 50.3 Å². The number of hydrogen-bond donors (Lipinski definition) is 7. The smallest absolute Gasteiger partial charge is 0.306 e. The van der Waals surface area contributed by atoms with Crippen molar-refractivity contribution in [3.63, 3.8) is 0 Å².